The van der Waals surface area contributed by atoms with Gasteiger partial charge in [0.05, 0.1) is 0 Å². The molecule has 0 amide bonds. The highest BCUT2D eigenvalue weighted by Gasteiger charge is 2.46. The minimum Gasteiger partial charge on any atom is -0.481 e. The van der Waals surface area contributed by atoms with Crippen molar-refractivity contribution in [1.29, 1.82) is 0 Å². The number of allylic oxidation sites excluding steroid dienone is 2. The Balaban J connectivity index is 1.55. The Morgan fingerprint density at radius 1 is 1.29 bits per heavy atom. The van der Waals surface area contributed by atoms with Gasteiger partial charge in [0.2, 0.25) is 10.0 Å². The van der Waals surface area contributed by atoms with Crippen molar-refractivity contribution in [2.75, 3.05) is 0 Å². The van der Waals surface area contributed by atoms with Crippen LogP contribution in [-0.4, -0.2) is 25.5 Å². The van der Waals surface area contributed by atoms with E-state index in [1.807, 2.05) is 31.2 Å². The predicted octanol–water partition coefficient (Wildman–Crippen LogP) is 4.11. The number of carboxylic acids is 1. The molecule has 0 aliphatic heterocycles. The molecule has 2 N–H and O–H groups in total. The van der Waals surface area contributed by atoms with Gasteiger partial charge in [-0.25, -0.2) is 13.1 Å². The molecular weight excluding hydrogens is 374 g/mol. The first-order chi connectivity index (χ1) is 13.3. The van der Waals surface area contributed by atoms with Crippen LogP contribution in [0.15, 0.2) is 41.8 Å². The first kappa shape index (κ1) is 20.8. The van der Waals surface area contributed by atoms with Crippen molar-refractivity contribution in [3.8, 4) is 0 Å². The Kier molecular flexibility index (Phi) is 6.73. The monoisotopic (exact) mass is 403 g/mol. The van der Waals surface area contributed by atoms with Gasteiger partial charge in [-0.1, -0.05) is 42.0 Å². The normalized spacial score (nSPS) is 27.2. The van der Waals surface area contributed by atoms with Crippen molar-refractivity contribution >= 4 is 22.1 Å². The Labute approximate surface area is 167 Å². The quantitative estimate of drug-likeness (QED) is 0.480. The van der Waals surface area contributed by atoms with Gasteiger partial charge in [0.25, 0.3) is 0 Å². The van der Waals surface area contributed by atoms with Crippen LogP contribution in [0, 0.1) is 24.7 Å². The highest BCUT2D eigenvalue weighted by Crippen LogP contribution is 2.49. The lowest BCUT2D eigenvalue weighted by Crippen LogP contribution is -2.40. The summed E-state index contributed by atoms with van der Waals surface area (Å²) in [5, 5.41) is 9.96. The number of benzene rings is 1. The molecule has 0 radical (unpaired) electrons. The Morgan fingerprint density at radius 2 is 2.11 bits per heavy atom. The van der Waals surface area contributed by atoms with Crippen molar-refractivity contribution in [2.45, 2.75) is 51.5 Å². The lowest BCUT2D eigenvalue weighted by Gasteiger charge is -2.27. The van der Waals surface area contributed by atoms with Crippen LogP contribution in [0.3, 0.4) is 0 Å². The van der Waals surface area contributed by atoms with Gasteiger partial charge in [-0.15, -0.1) is 0 Å². The summed E-state index contributed by atoms with van der Waals surface area (Å²) >= 11 is 0. The first-order valence-electron chi connectivity index (χ1n) is 9.98. The Bertz CT molecular complexity index is 859. The SMILES string of the molecule is Cc1cccc(C=CS(=O)(=O)NC2CC3CC(C=CCCCC(=O)O)C2C3)c1. The number of aliphatic carboxylic acids is 1. The first-order valence-corrected chi connectivity index (χ1v) is 11.5. The van der Waals surface area contributed by atoms with E-state index in [4.69, 9.17) is 5.11 Å². The topological polar surface area (TPSA) is 83.5 Å². The molecule has 0 heterocycles. The number of nitrogens with one attached hydrogen (secondary N) is 1. The highest BCUT2D eigenvalue weighted by atomic mass is 32.2. The minimum atomic E-state index is -3.48. The lowest BCUT2D eigenvalue weighted by molar-refractivity contribution is -0.137. The number of fused-ring (bicyclic) bond motifs is 2. The molecular formula is C22H29NO4S. The molecule has 2 saturated carbocycles. The summed E-state index contributed by atoms with van der Waals surface area (Å²) in [6, 6.07) is 7.73. The van der Waals surface area contributed by atoms with Crippen LogP contribution in [0.5, 0.6) is 0 Å². The molecule has 0 saturated heterocycles. The number of carbonyl (C=O) groups is 1. The van der Waals surface area contributed by atoms with E-state index in [1.54, 1.807) is 6.08 Å². The lowest BCUT2D eigenvalue weighted by atomic mass is 9.85. The van der Waals surface area contributed by atoms with Gasteiger partial charge in [-0.05, 0) is 68.4 Å². The van der Waals surface area contributed by atoms with E-state index in [2.05, 4.69) is 16.9 Å². The molecule has 4 atom stereocenters. The zero-order valence-corrected chi connectivity index (χ0v) is 17.1. The van der Waals surface area contributed by atoms with E-state index in [-0.39, 0.29) is 12.5 Å². The van der Waals surface area contributed by atoms with E-state index >= 15 is 0 Å². The summed E-state index contributed by atoms with van der Waals surface area (Å²) < 4.78 is 27.9. The van der Waals surface area contributed by atoms with Crippen molar-refractivity contribution < 1.29 is 18.3 Å². The third-order valence-corrected chi connectivity index (χ3v) is 6.93. The van der Waals surface area contributed by atoms with E-state index in [0.29, 0.717) is 24.2 Å². The van der Waals surface area contributed by atoms with Crippen molar-refractivity contribution in [2.24, 2.45) is 17.8 Å². The summed E-state index contributed by atoms with van der Waals surface area (Å²) in [6.07, 6.45) is 10.6. The van der Waals surface area contributed by atoms with E-state index in [1.165, 1.54) is 5.41 Å². The summed E-state index contributed by atoms with van der Waals surface area (Å²) in [7, 11) is -3.48. The van der Waals surface area contributed by atoms with Crippen LogP contribution >= 0.6 is 0 Å². The molecule has 2 aliphatic rings. The molecule has 5 nitrogen and oxygen atoms in total. The highest BCUT2D eigenvalue weighted by molar-refractivity contribution is 7.92. The number of carboxylic acid groups (broad SMARTS) is 1. The molecule has 1 aromatic carbocycles. The van der Waals surface area contributed by atoms with Gasteiger partial charge in [0.15, 0.2) is 0 Å². The van der Waals surface area contributed by atoms with Crippen LogP contribution in [0.4, 0.5) is 0 Å². The number of sulfonamides is 1. The van der Waals surface area contributed by atoms with Gasteiger partial charge in [0.1, 0.15) is 0 Å². The predicted molar refractivity (Wildman–Crippen MR) is 111 cm³/mol. The molecule has 4 unspecified atom stereocenters. The molecule has 2 fully saturated rings. The summed E-state index contributed by atoms with van der Waals surface area (Å²) in [6.45, 7) is 1.98. The van der Waals surface area contributed by atoms with Crippen molar-refractivity contribution in [1.82, 2.24) is 4.72 Å². The average molecular weight is 404 g/mol. The molecule has 2 aliphatic carbocycles. The number of hydrogen-bond acceptors (Lipinski definition) is 3. The molecule has 0 aromatic heterocycles. The number of hydrogen-bond donors (Lipinski definition) is 2. The van der Waals surface area contributed by atoms with Crippen molar-refractivity contribution in [3.05, 3.63) is 53.0 Å². The van der Waals surface area contributed by atoms with Gasteiger partial charge in [-0.2, -0.15) is 0 Å². The second-order valence-electron chi connectivity index (χ2n) is 8.10. The largest absolute Gasteiger partial charge is 0.481 e. The minimum absolute atomic E-state index is 0.0143. The van der Waals surface area contributed by atoms with E-state index in [9.17, 15) is 13.2 Å². The maximum atomic E-state index is 12.5. The molecule has 0 spiro atoms. The zero-order chi connectivity index (χ0) is 20.1. The van der Waals surface area contributed by atoms with Gasteiger partial charge >= 0.3 is 5.97 Å². The molecule has 28 heavy (non-hydrogen) atoms. The number of rotatable bonds is 9. The summed E-state index contributed by atoms with van der Waals surface area (Å²) in [5.41, 5.74) is 1.97. The second kappa shape index (κ2) is 9.05. The standard InChI is InChI=1S/C22H29NO4S/c1-16-6-5-7-17(12-16)10-11-28(26,27)23-21-15-18-13-19(20(21)14-18)8-3-2-4-9-22(24)25/h3,5-8,10-12,18-21,23H,2,4,9,13-15H2,1H3,(H,24,25). The maximum Gasteiger partial charge on any atom is 0.303 e. The van der Waals surface area contributed by atoms with Crippen LogP contribution in [-0.2, 0) is 14.8 Å². The molecule has 1 aromatic rings. The second-order valence-corrected chi connectivity index (χ2v) is 9.70. The van der Waals surface area contributed by atoms with Gasteiger partial charge < -0.3 is 5.11 Å². The van der Waals surface area contributed by atoms with Crippen LogP contribution in [0.1, 0.15) is 49.7 Å². The summed E-state index contributed by atoms with van der Waals surface area (Å²) in [5.74, 6) is 0.536. The fraction of sp³-hybridized carbons (Fsp3) is 0.500. The van der Waals surface area contributed by atoms with Crippen LogP contribution in [0.25, 0.3) is 6.08 Å². The van der Waals surface area contributed by atoms with Crippen LogP contribution in [0.2, 0.25) is 0 Å². The maximum absolute atomic E-state index is 12.5. The molecule has 6 heteroatoms. The fourth-order valence-corrected chi connectivity index (χ4v) is 5.70. The van der Waals surface area contributed by atoms with E-state index in [0.717, 1.165) is 36.8 Å². The fourth-order valence-electron chi connectivity index (χ4n) is 4.60. The third kappa shape index (κ3) is 5.79. The average Bonchev–Trinajstić information content (AvgIpc) is 3.19. The Hall–Kier alpha value is -1.92. The van der Waals surface area contributed by atoms with Gasteiger partial charge in [-0.3, -0.25) is 4.79 Å². The Morgan fingerprint density at radius 3 is 2.82 bits per heavy atom. The van der Waals surface area contributed by atoms with Crippen LogP contribution < -0.4 is 4.72 Å². The van der Waals surface area contributed by atoms with E-state index < -0.39 is 16.0 Å². The molecule has 3 rings (SSSR count). The zero-order valence-electron chi connectivity index (χ0n) is 16.3. The number of aryl methyl sites for hydroxylation is 1. The van der Waals surface area contributed by atoms with Crippen molar-refractivity contribution in [3.63, 3.8) is 0 Å². The molecule has 152 valence electrons. The smallest absolute Gasteiger partial charge is 0.303 e. The third-order valence-electron chi connectivity index (χ3n) is 5.81. The molecule has 2 bridgehead atoms. The van der Waals surface area contributed by atoms with Gasteiger partial charge in [0, 0.05) is 17.9 Å². The summed E-state index contributed by atoms with van der Waals surface area (Å²) in [4.78, 5) is 10.6. The number of unbranched alkanes of at least 4 members (excludes halogenated alkanes) is 1.